The van der Waals surface area contributed by atoms with Gasteiger partial charge < -0.3 is 0 Å². The summed E-state index contributed by atoms with van der Waals surface area (Å²) in [5.74, 6) is 0.0833. The molecular weight excluding hydrogens is 128 g/mol. The van der Waals surface area contributed by atoms with Crippen molar-refractivity contribution in [2.24, 2.45) is 0 Å². The van der Waals surface area contributed by atoms with Crippen molar-refractivity contribution in [2.45, 2.75) is 12.8 Å². The molecule has 1 amide bonds. The minimum absolute atomic E-state index is 0.0833. The molecule has 0 radical (unpaired) electrons. The Kier molecular flexibility index (Phi) is 1.70. The van der Waals surface area contributed by atoms with E-state index in [1.165, 1.54) is 5.01 Å². The molecule has 4 heteroatoms. The molecule has 1 heterocycles. The summed E-state index contributed by atoms with van der Waals surface area (Å²) < 4.78 is 0. The van der Waals surface area contributed by atoms with Crippen molar-refractivity contribution in [1.82, 2.24) is 9.95 Å². The molecule has 8 heavy (non-hydrogen) atoms. The number of carbonyl (C=O) groups is 1. The van der Waals surface area contributed by atoms with Crippen LogP contribution in [0.3, 0.4) is 0 Å². The highest BCUT2D eigenvalue weighted by Gasteiger charge is 2.18. The Morgan fingerprint density at radius 1 is 1.75 bits per heavy atom. The molecule has 1 N–H and O–H groups in total. The van der Waals surface area contributed by atoms with E-state index in [0.717, 1.165) is 13.0 Å². The number of rotatable bonds is 1. The Labute approximate surface area is 52.7 Å². The van der Waals surface area contributed by atoms with Crippen LogP contribution in [0.2, 0.25) is 0 Å². The van der Waals surface area contributed by atoms with Crippen molar-refractivity contribution in [1.29, 1.82) is 0 Å². The van der Waals surface area contributed by atoms with Crippen molar-refractivity contribution in [3.8, 4) is 0 Å². The molecule has 0 aromatic carbocycles. The monoisotopic (exact) mass is 134 g/mol. The lowest BCUT2D eigenvalue weighted by Crippen LogP contribution is -2.31. The molecular formula is C4H7ClN2O. The van der Waals surface area contributed by atoms with E-state index in [-0.39, 0.29) is 5.91 Å². The first kappa shape index (κ1) is 5.85. The molecule has 1 rings (SSSR count). The lowest BCUT2D eigenvalue weighted by Gasteiger charge is -2.08. The molecule has 1 aliphatic rings. The van der Waals surface area contributed by atoms with E-state index in [1.807, 2.05) is 0 Å². The number of halogens is 1. The minimum Gasteiger partial charge on any atom is -0.273 e. The van der Waals surface area contributed by atoms with Gasteiger partial charge in [0.1, 0.15) is 0 Å². The number of hydrogen-bond donors (Lipinski definition) is 1. The number of hydrazine groups is 1. The highest BCUT2D eigenvalue weighted by atomic mass is 35.5. The standard InChI is InChI=1S/C4H7ClN2O/c5-6-7-3-1-2-4(7)8/h6H,1-3H2. The van der Waals surface area contributed by atoms with E-state index in [4.69, 9.17) is 11.8 Å². The topological polar surface area (TPSA) is 32.3 Å². The Morgan fingerprint density at radius 3 is 2.75 bits per heavy atom. The summed E-state index contributed by atoms with van der Waals surface area (Å²) in [6, 6.07) is 0. The van der Waals surface area contributed by atoms with Gasteiger partial charge in [-0.15, -0.1) is 4.94 Å². The third-order valence-corrected chi connectivity index (χ3v) is 1.38. The molecule has 0 aromatic rings. The number of nitrogens with one attached hydrogen (secondary N) is 1. The summed E-state index contributed by atoms with van der Waals surface area (Å²) in [6.07, 6.45) is 1.54. The summed E-state index contributed by atoms with van der Waals surface area (Å²) in [7, 11) is 0. The Hall–Kier alpha value is -0.280. The van der Waals surface area contributed by atoms with E-state index >= 15 is 0 Å². The Balaban J connectivity index is 2.42. The quantitative estimate of drug-likeness (QED) is 0.522. The summed E-state index contributed by atoms with van der Waals surface area (Å²) in [5, 5.41) is 1.40. The summed E-state index contributed by atoms with van der Waals surface area (Å²) in [4.78, 5) is 12.9. The predicted molar refractivity (Wildman–Crippen MR) is 29.9 cm³/mol. The maximum atomic E-state index is 10.6. The van der Waals surface area contributed by atoms with Crippen LogP contribution in [0.4, 0.5) is 0 Å². The molecule has 1 saturated heterocycles. The van der Waals surface area contributed by atoms with Gasteiger partial charge in [-0.05, 0) is 18.2 Å². The van der Waals surface area contributed by atoms with Crippen molar-refractivity contribution in [3.05, 3.63) is 0 Å². The van der Waals surface area contributed by atoms with Gasteiger partial charge in [0.25, 0.3) is 0 Å². The molecule has 1 aliphatic heterocycles. The van der Waals surface area contributed by atoms with Gasteiger partial charge >= 0.3 is 0 Å². The highest BCUT2D eigenvalue weighted by molar-refractivity contribution is 6.13. The number of nitrogens with zero attached hydrogens (tertiary/aromatic N) is 1. The van der Waals surface area contributed by atoms with E-state index in [1.54, 1.807) is 0 Å². The fraction of sp³-hybridized carbons (Fsp3) is 0.750. The van der Waals surface area contributed by atoms with Gasteiger partial charge in [-0.1, -0.05) is 0 Å². The lowest BCUT2D eigenvalue weighted by atomic mass is 10.4. The third kappa shape index (κ3) is 0.928. The fourth-order valence-electron chi connectivity index (χ4n) is 0.737. The van der Waals surface area contributed by atoms with Crippen molar-refractivity contribution >= 4 is 17.7 Å². The van der Waals surface area contributed by atoms with Crippen LogP contribution >= 0.6 is 11.8 Å². The summed E-state index contributed by atoms with van der Waals surface area (Å²) in [6.45, 7) is 0.738. The second-order valence-corrected chi connectivity index (χ2v) is 1.90. The zero-order chi connectivity index (χ0) is 5.98. The number of hydrogen-bond acceptors (Lipinski definition) is 2. The van der Waals surface area contributed by atoms with Gasteiger partial charge in [0.15, 0.2) is 0 Å². The van der Waals surface area contributed by atoms with Gasteiger partial charge in [0.2, 0.25) is 5.91 Å². The molecule has 1 fully saturated rings. The van der Waals surface area contributed by atoms with Crippen LogP contribution in [0.1, 0.15) is 12.8 Å². The maximum Gasteiger partial charge on any atom is 0.237 e. The van der Waals surface area contributed by atoms with E-state index in [9.17, 15) is 4.79 Å². The zero-order valence-electron chi connectivity index (χ0n) is 4.35. The molecule has 0 bridgehead atoms. The Bertz CT molecular complexity index is 106. The van der Waals surface area contributed by atoms with Crippen LogP contribution in [0, 0.1) is 0 Å². The average molecular weight is 135 g/mol. The van der Waals surface area contributed by atoms with Gasteiger partial charge in [0.05, 0.1) is 0 Å². The van der Waals surface area contributed by atoms with E-state index in [2.05, 4.69) is 4.94 Å². The van der Waals surface area contributed by atoms with Crippen molar-refractivity contribution in [3.63, 3.8) is 0 Å². The largest absolute Gasteiger partial charge is 0.273 e. The molecule has 3 nitrogen and oxygen atoms in total. The minimum atomic E-state index is 0.0833. The van der Waals surface area contributed by atoms with Crippen LogP contribution in [0.5, 0.6) is 0 Å². The van der Waals surface area contributed by atoms with Crippen molar-refractivity contribution in [2.75, 3.05) is 6.54 Å². The van der Waals surface area contributed by atoms with Crippen LogP contribution in [0.15, 0.2) is 0 Å². The fourth-order valence-corrected chi connectivity index (χ4v) is 0.916. The SMILES string of the molecule is O=C1CCCN1NCl. The molecule has 0 aliphatic carbocycles. The predicted octanol–water partition coefficient (Wildman–Crippen LogP) is 0.267. The molecule has 0 saturated carbocycles. The first-order valence-corrected chi connectivity index (χ1v) is 2.89. The normalized spacial score (nSPS) is 20.1. The van der Waals surface area contributed by atoms with Gasteiger partial charge in [-0.2, -0.15) is 0 Å². The Morgan fingerprint density at radius 2 is 2.50 bits per heavy atom. The summed E-state index contributed by atoms with van der Waals surface area (Å²) in [5.41, 5.74) is 0. The molecule has 46 valence electrons. The highest BCUT2D eigenvalue weighted by Crippen LogP contribution is 2.05. The number of carbonyl (C=O) groups excluding carboxylic acids is 1. The smallest absolute Gasteiger partial charge is 0.237 e. The van der Waals surface area contributed by atoms with Crippen molar-refractivity contribution < 1.29 is 4.79 Å². The second-order valence-electron chi connectivity index (χ2n) is 1.73. The van der Waals surface area contributed by atoms with Crippen LogP contribution < -0.4 is 4.94 Å². The zero-order valence-corrected chi connectivity index (χ0v) is 5.11. The molecule has 0 unspecified atom stereocenters. The summed E-state index contributed by atoms with van der Waals surface area (Å²) >= 11 is 5.16. The third-order valence-electron chi connectivity index (χ3n) is 1.18. The van der Waals surface area contributed by atoms with Gasteiger partial charge in [0, 0.05) is 13.0 Å². The second kappa shape index (κ2) is 2.33. The van der Waals surface area contributed by atoms with Gasteiger partial charge in [-0.3, -0.25) is 9.80 Å². The van der Waals surface area contributed by atoms with Gasteiger partial charge in [-0.25, -0.2) is 0 Å². The number of amides is 1. The van der Waals surface area contributed by atoms with E-state index in [0.29, 0.717) is 6.42 Å². The average Bonchev–Trinajstić information content (AvgIpc) is 2.14. The van der Waals surface area contributed by atoms with Crippen LogP contribution in [-0.4, -0.2) is 17.5 Å². The lowest BCUT2D eigenvalue weighted by molar-refractivity contribution is -0.128. The molecule has 0 atom stereocenters. The molecule has 0 spiro atoms. The first-order valence-electron chi connectivity index (χ1n) is 2.51. The molecule has 0 aromatic heterocycles. The van der Waals surface area contributed by atoms with Crippen LogP contribution in [0.25, 0.3) is 0 Å². The van der Waals surface area contributed by atoms with E-state index < -0.39 is 0 Å². The maximum absolute atomic E-state index is 10.6. The first-order chi connectivity index (χ1) is 3.84. The van der Waals surface area contributed by atoms with Crippen LogP contribution in [-0.2, 0) is 4.79 Å².